The van der Waals surface area contributed by atoms with E-state index in [1.807, 2.05) is 0 Å². The lowest BCUT2D eigenvalue weighted by atomic mass is 10.00. The molecule has 4 unspecified atom stereocenters. The van der Waals surface area contributed by atoms with Crippen LogP contribution in [0.2, 0.25) is 0 Å². The van der Waals surface area contributed by atoms with Gasteiger partial charge in [0.05, 0.1) is 12.5 Å². The third kappa shape index (κ3) is 10.9. The molecule has 0 bridgehead atoms. The number of hydrogen-bond donors (Lipinski definition) is 8. The van der Waals surface area contributed by atoms with Gasteiger partial charge in [-0.3, -0.25) is 24.0 Å². The Bertz CT molecular complexity index is 996. The summed E-state index contributed by atoms with van der Waals surface area (Å²) in [6.45, 7) is 3.21. The monoisotopic (exact) mass is 524 g/mol. The van der Waals surface area contributed by atoms with Crippen LogP contribution in [0.25, 0.3) is 0 Å². The molecule has 0 radical (unpaired) electrons. The number of carbonyl (C=O) groups is 6. The van der Waals surface area contributed by atoms with Gasteiger partial charge in [0.25, 0.3) is 0 Å². The number of carboxylic acid groups (broad SMARTS) is 3. The topological polar surface area (TPSA) is 245 Å². The molecule has 0 saturated heterocycles. The minimum Gasteiger partial charge on any atom is -0.508 e. The summed E-state index contributed by atoms with van der Waals surface area (Å²) in [5.41, 5.74) is 6.18. The zero-order chi connectivity index (χ0) is 28.3. The Morgan fingerprint density at radius 1 is 0.811 bits per heavy atom. The number of phenolic OH excluding ortho intramolecular Hbond substituents is 1. The van der Waals surface area contributed by atoms with Gasteiger partial charge in [0.15, 0.2) is 0 Å². The van der Waals surface area contributed by atoms with E-state index in [4.69, 9.17) is 15.9 Å². The standard InChI is InChI=1S/C23H32N4O10/c1-11(2)19(27-20(33)14(24)7-8-17(29)30)22(35)25-15(9-12-3-5-13(28)6-4-12)21(34)26-16(23(36)37)10-18(31)32/h3-6,11,14-16,19,28H,7-10,24H2,1-2H3,(H,25,35)(H,26,34)(H,27,33)(H,29,30)(H,31,32)(H,36,37). The number of hydrogen-bond acceptors (Lipinski definition) is 8. The van der Waals surface area contributed by atoms with E-state index in [1.165, 1.54) is 24.3 Å². The lowest BCUT2D eigenvalue weighted by molar-refractivity contribution is -0.147. The molecule has 37 heavy (non-hydrogen) atoms. The third-order valence-corrected chi connectivity index (χ3v) is 5.26. The van der Waals surface area contributed by atoms with E-state index in [1.54, 1.807) is 13.8 Å². The van der Waals surface area contributed by atoms with E-state index in [0.29, 0.717) is 5.56 Å². The molecule has 0 fully saturated rings. The smallest absolute Gasteiger partial charge is 0.326 e. The summed E-state index contributed by atoms with van der Waals surface area (Å²) < 4.78 is 0. The molecular formula is C23H32N4O10. The van der Waals surface area contributed by atoms with Crippen LogP contribution in [0.15, 0.2) is 24.3 Å². The van der Waals surface area contributed by atoms with Gasteiger partial charge in [-0.2, -0.15) is 0 Å². The Labute approximate surface area is 212 Å². The van der Waals surface area contributed by atoms with Crippen molar-refractivity contribution in [3.8, 4) is 5.75 Å². The van der Waals surface area contributed by atoms with E-state index in [0.717, 1.165) is 0 Å². The molecule has 14 nitrogen and oxygen atoms in total. The number of aromatic hydroxyl groups is 1. The Morgan fingerprint density at radius 3 is 1.86 bits per heavy atom. The molecule has 204 valence electrons. The number of amides is 3. The number of nitrogens with one attached hydrogen (secondary N) is 3. The molecule has 0 saturated carbocycles. The molecule has 0 aromatic heterocycles. The predicted octanol–water partition coefficient (Wildman–Crippen LogP) is -1.20. The van der Waals surface area contributed by atoms with Crippen LogP contribution in [0.4, 0.5) is 0 Å². The fraction of sp³-hybridized carbons (Fsp3) is 0.478. The first-order chi connectivity index (χ1) is 17.2. The Balaban J connectivity index is 3.11. The molecule has 4 atom stereocenters. The zero-order valence-corrected chi connectivity index (χ0v) is 20.3. The zero-order valence-electron chi connectivity index (χ0n) is 20.3. The highest BCUT2D eigenvalue weighted by Crippen LogP contribution is 2.13. The molecule has 14 heteroatoms. The number of carboxylic acids is 3. The second kappa shape index (κ2) is 14.4. The normalized spacial score (nSPS) is 14.1. The van der Waals surface area contributed by atoms with Crippen molar-refractivity contribution in [3.63, 3.8) is 0 Å². The second-order valence-electron chi connectivity index (χ2n) is 8.70. The summed E-state index contributed by atoms with van der Waals surface area (Å²) in [5, 5.41) is 43.4. The fourth-order valence-corrected chi connectivity index (χ4v) is 3.19. The molecule has 9 N–H and O–H groups in total. The number of carbonyl (C=O) groups excluding carboxylic acids is 3. The van der Waals surface area contributed by atoms with Crippen LogP contribution in [0, 0.1) is 5.92 Å². The summed E-state index contributed by atoms with van der Waals surface area (Å²) in [5.74, 6) is -7.31. The molecule has 0 spiro atoms. The van der Waals surface area contributed by atoms with Crippen LogP contribution in [0.5, 0.6) is 5.75 Å². The second-order valence-corrected chi connectivity index (χ2v) is 8.70. The first-order valence-corrected chi connectivity index (χ1v) is 11.3. The summed E-state index contributed by atoms with van der Waals surface area (Å²) in [4.78, 5) is 71.5. The average molecular weight is 525 g/mol. The number of phenols is 1. The van der Waals surface area contributed by atoms with Crippen molar-refractivity contribution in [1.29, 1.82) is 0 Å². The molecule has 0 aliphatic heterocycles. The summed E-state index contributed by atoms with van der Waals surface area (Å²) in [7, 11) is 0. The quantitative estimate of drug-likeness (QED) is 0.135. The molecule has 3 amide bonds. The minimum absolute atomic E-state index is 0.0528. The van der Waals surface area contributed by atoms with Gasteiger partial charge in [0.1, 0.15) is 23.9 Å². The largest absolute Gasteiger partial charge is 0.508 e. The number of nitrogens with two attached hydrogens (primary N) is 1. The van der Waals surface area contributed by atoms with Crippen molar-refractivity contribution in [2.75, 3.05) is 0 Å². The maximum absolute atomic E-state index is 13.1. The van der Waals surface area contributed by atoms with Crippen molar-refractivity contribution >= 4 is 35.6 Å². The number of aliphatic carboxylic acids is 3. The number of benzene rings is 1. The van der Waals surface area contributed by atoms with E-state index in [9.17, 15) is 39.0 Å². The molecule has 0 aliphatic rings. The van der Waals surface area contributed by atoms with Gasteiger partial charge in [0.2, 0.25) is 17.7 Å². The Hall–Kier alpha value is -4.20. The van der Waals surface area contributed by atoms with Gasteiger partial charge >= 0.3 is 17.9 Å². The SMILES string of the molecule is CC(C)C(NC(=O)C(N)CCC(=O)O)C(=O)NC(Cc1ccc(O)cc1)C(=O)NC(CC(=O)O)C(=O)O. The van der Waals surface area contributed by atoms with Gasteiger partial charge in [-0.25, -0.2) is 4.79 Å². The molecule has 0 heterocycles. The molecule has 1 aromatic carbocycles. The van der Waals surface area contributed by atoms with Crippen molar-refractivity contribution in [2.24, 2.45) is 11.7 Å². The third-order valence-electron chi connectivity index (χ3n) is 5.26. The van der Waals surface area contributed by atoms with E-state index in [2.05, 4.69) is 16.0 Å². The lowest BCUT2D eigenvalue weighted by Gasteiger charge is -2.27. The van der Waals surface area contributed by atoms with Gasteiger partial charge < -0.3 is 42.1 Å². The van der Waals surface area contributed by atoms with Crippen molar-refractivity contribution < 1.29 is 49.2 Å². The fourth-order valence-electron chi connectivity index (χ4n) is 3.19. The molecule has 1 rings (SSSR count). The molecular weight excluding hydrogens is 492 g/mol. The molecule has 1 aromatic rings. The van der Waals surface area contributed by atoms with Gasteiger partial charge in [-0.1, -0.05) is 26.0 Å². The van der Waals surface area contributed by atoms with Crippen LogP contribution in [0.1, 0.15) is 38.7 Å². The number of rotatable bonds is 15. The lowest BCUT2D eigenvalue weighted by Crippen LogP contribution is -2.59. The van der Waals surface area contributed by atoms with Gasteiger partial charge in [-0.15, -0.1) is 0 Å². The molecule has 0 aliphatic carbocycles. The summed E-state index contributed by atoms with van der Waals surface area (Å²) in [6.07, 6.45) is -1.59. The maximum atomic E-state index is 13.1. The van der Waals surface area contributed by atoms with Crippen LogP contribution in [-0.4, -0.2) is 80.2 Å². The maximum Gasteiger partial charge on any atom is 0.326 e. The first kappa shape index (κ1) is 30.8. The van der Waals surface area contributed by atoms with Crippen LogP contribution < -0.4 is 21.7 Å². The van der Waals surface area contributed by atoms with Crippen molar-refractivity contribution in [1.82, 2.24) is 16.0 Å². The Morgan fingerprint density at radius 2 is 1.38 bits per heavy atom. The van der Waals surface area contributed by atoms with Crippen molar-refractivity contribution in [2.45, 2.75) is 63.7 Å². The predicted molar refractivity (Wildman–Crippen MR) is 127 cm³/mol. The van der Waals surface area contributed by atoms with Crippen LogP contribution in [0.3, 0.4) is 0 Å². The van der Waals surface area contributed by atoms with E-state index >= 15 is 0 Å². The average Bonchev–Trinajstić information content (AvgIpc) is 2.80. The highest BCUT2D eigenvalue weighted by atomic mass is 16.4. The van der Waals surface area contributed by atoms with E-state index < -0.39 is 72.1 Å². The highest BCUT2D eigenvalue weighted by molar-refractivity contribution is 5.95. The van der Waals surface area contributed by atoms with Gasteiger partial charge in [0, 0.05) is 12.8 Å². The van der Waals surface area contributed by atoms with Crippen LogP contribution in [-0.2, 0) is 35.2 Å². The van der Waals surface area contributed by atoms with Gasteiger partial charge in [-0.05, 0) is 30.0 Å². The first-order valence-electron chi connectivity index (χ1n) is 11.3. The van der Waals surface area contributed by atoms with Crippen molar-refractivity contribution in [3.05, 3.63) is 29.8 Å². The summed E-state index contributed by atoms with van der Waals surface area (Å²) in [6, 6.07) is 0.0802. The summed E-state index contributed by atoms with van der Waals surface area (Å²) >= 11 is 0. The van der Waals surface area contributed by atoms with E-state index in [-0.39, 0.29) is 25.0 Å². The highest BCUT2D eigenvalue weighted by Gasteiger charge is 2.32. The van der Waals surface area contributed by atoms with Crippen LogP contribution >= 0.6 is 0 Å². The minimum atomic E-state index is -1.77. The Kier molecular flexibility index (Phi) is 12.0.